The largest absolute Gasteiger partial charge is 2.00 e. The zero-order valence-corrected chi connectivity index (χ0v) is 31.3. The molecule has 0 saturated heterocycles. The molecule has 1 aliphatic rings. The van der Waals surface area contributed by atoms with Crippen LogP contribution in [0, 0.1) is 44.4 Å². The van der Waals surface area contributed by atoms with Crippen LogP contribution in [0.15, 0.2) is 182 Å². The van der Waals surface area contributed by atoms with E-state index >= 15 is 0 Å². The first-order chi connectivity index (χ1) is 24.2. The zero-order chi connectivity index (χ0) is 34.4. The number of ether oxygens (including phenoxy) is 1. The molecular weight excluding hydrogens is 736 g/mol. The summed E-state index contributed by atoms with van der Waals surface area (Å²) < 4.78 is 3.96. The van der Waals surface area contributed by atoms with Gasteiger partial charge in [-0.3, -0.25) is 0 Å². The molecule has 6 aromatic carbocycles. The van der Waals surface area contributed by atoms with Gasteiger partial charge >= 0.3 is 19.5 Å². The van der Waals surface area contributed by atoms with Gasteiger partial charge < -0.3 is 16.0 Å². The van der Waals surface area contributed by atoms with Crippen LogP contribution in [0.1, 0.15) is 0 Å². The summed E-state index contributed by atoms with van der Waals surface area (Å²) in [5, 5.41) is 8.39. The molecule has 6 aromatic rings. The minimum atomic E-state index is -0.741. The van der Waals surface area contributed by atoms with Crippen molar-refractivity contribution in [3.63, 3.8) is 0 Å². The van der Waals surface area contributed by atoms with E-state index in [1.165, 1.54) is 44.9 Å². The monoisotopic (exact) mass is 774 g/mol. The molecule has 0 atom stereocenters. The van der Waals surface area contributed by atoms with E-state index in [0.29, 0.717) is 0 Å². The average Bonchev–Trinajstić information content (AvgIpc) is 3.79. The van der Waals surface area contributed by atoms with Crippen molar-refractivity contribution in [3.8, 4) is 5.92 Å². The Hall–Kier alpha value is -4.17. The quantitative estimate of drug-likeness (QED) is 0.0572. The van der Waals surface area contributed by atoms with Gasteiger partial charge in [0.25, 0.3) is 0 Å². The van der Waals surface area contributed by atoms with Crippen molar-refractivity contribution in [1.82, 2.24) is 0 Å². The molecule has 0 spiro atoms. The molecule has 0 bridgehead atoms. The van der Waals surface area contributed by atoms with Crippen molar-refractivity contribution in [2.45, 2.75) is 0 Å². The summed E-state index contributed by atoms with van der Waals surface area (Å²) >= 11 is 0. The van der Waals surface area contributed by atoms with Gasteiger partial charge in [0.15, 0.2) is 0 Å². The molecule has 0 N–H and O–H groups in total. The molecule has 0 aliphatic heterocycles. The summed E-state index contributed by atoms with van der Waals surface area (Å²) in [5.74, 6) is 0.763. The molecule has 5 heteroatoms. The number of hydrogen-bond acceptors (Lipinski definition) is 2. The van der Waals surface area contributed by atoms with Crippen molar-refractivity contribution in [1.29, 1.82) is 0 Å². The molecule has 247 valence electrons. The maximum atomic E-state index is 9.66. The Morgan fingerprint density at radius 1 is 0.420 bits per heavy atom. The second-order valence-corrected chi connectivity index (χ2v) is 14.7. The Bertz CT molecular complexity index is 1460. The molecule has 0 unspecified atom stereocenters. The summed E-state index contributed by atoms with van der Waals surface area (Å²) in [6, 6.07) is 64.7. The minimum Gasteiger partial charge on any atom is -0.544 e. The molecule has 50 heavy (non-hydrogen) atoms. The molecule has 0 amide bonds. The van der Waals surface area contributed by atoms with Crippen molar-refractivity contribution in [3.05, 3.63) is 221 Å². The van der Waals surface area contributed by atoms with Crippen LogP contribution in [0.5, 0.6) is 0 Å². The van der Waals surface area contributed by atoms with E-state index in [2.05, 4.69) is 187 Å². The Morgan fingerprint density at radius 3 is 0.720 bits per heavy atom. The van der Waals surface area contributed by atoms with E-state index in [4.69, 9.17) is 6.42 Å². The van der Waals surface area contributed by atoms with E-state index < -0.39 is 21.8 Å². The van der Waals surface area contributed by atoms with Crippen LogP contribution < -0.4 is 31.8 Å². The first-order valence-corrected chi connectivity index (χ1v) is 18.5. The van der Waals surface area contributed by atoms with Crippen molar-refractivity contribution >= 4 is 53.6 Å². The summed E-state index contributed by atoms with van der Waals surface area (Å²) in [6.45, 7) is 0. The van der Waals surface area contributed by atoms with Crippen molar-refractivity contribution < 1.29 is 29.0 Å². The molecule has 1 aliphatic carbocycles. The third kappa shape index (κ3) is 13.6. The maximum absolute atomic E-state index is 9.66. The molecule has 0 heterocycles. The van der Waals surface area contributed by atoms with Gasteiger partial charge in [-0.1, -0.05) is 182 Å². The molecular formula is C45H38O2P2Ru+. The van der Waals surface area contributed by atoms with Gasteiger partial charge in [-0.2, -0.15) is 0 Å². The normalized spacial score (nSPS) is 11.2. The number of esters is 1. The Labute approximate surface area is 314 Å². The van der Waals surface area contributed by atoms with Crippen LogP contribution in [0.3, 0.4) is 0 Å². The number of methoxy groups -OCH3 is 1. The van der Waals surface area contributed by atoms with Crippen LogP contribution >= 0.6 is 15.8 Å². The SMILES string of the molecule is [C-]#CC(=O)OC.[CH]1[CH][CH][CH][CH]1.[Ru+2].c1ccc(P(c2ccccc2)c2ccccc2)cc1.c1ccc(P(c2ccccc2)c2ccccc2)cc1. The minimum absolute atomic E-state index is 0. The van der Waals surface area contributed by atoms with Gasteiger partial charge in [0.05, 0.1) is 7.11 Å². The third-order valence-corrected chi connectivity index (χ3v) is 11.8. The van der Waals surface area contributed by atoms with E-state index in [-0.39, 0.29) is 19.5 Å². The Balaban J connectivity index is 0.000000205. The Morgan fingerprint density at radius 2 is 0.600 bits per heavy atom. The fourth-order valence-electron chi connectivity index (χ4n) is 4.73. The summed E-state index contributed by atoms with van der Waals surface area (Å²) in [5.41, 5.74) is 0. The first-order valence-electron chi connectivity index (χ1n) is 15.8. The molecule has 7 rings (SSSR count). The molecule has 1 saturated carbocycles. The second kappa shape index (κ2) is 24.1. The smallest absolute Gasteiger partial charge is 0.544 e. The number of hydrogen-bond donors (Lipinski definition) is 0. The predicted octanol–water partition coefficient (Wildman–Crippen LogP) is 7.66. The van der Waals surface area contributed by atoms with E-state index in [0.717, 1.165) is 0 Å². The van der Waals surface area contributed by atoms with Crippen LogP contribution in [0.25, 0.3) is 0 Å². The van der Waals surface area contributed by atoms with Gasteiger partial charge in [-0.15, -0.1) is 0 Å². The van der Waals surface area contributed by atoms with Gasteiger partial charge in [0.2, 0.25) is 5.97 Å². The van der Waals surface area contributed by atoms with Crippen molar-refractivity contribution in [2.24, 2.45) is 0 Å². The van der Waals surface area contributed by atoms with E-state index in [9.17, 15) is 4.79 Å². The topological polar surface area (TPSA) is 26.3 Å². The average molecular weight is 774 g/mol. The Kier molecular flexibility index (Phi) is 19.4. The molecule has 0 aromatic heterocycles. The van der Waals surface area contributed by atoms with Gasteiger partial charge in [-0.05, 0) is 79.8 Å². The first kappa shape index (κ1) is 40.3. The van der Waals surface area contributed by atoms with E-state index in [1.54, 1.807) is 0 Å². The maximum Gasteiger partial charge on any atom is 2.00 e. The molecule has 2 nitrogen and oxygen atoms in total. The second-order valence-electron chi connectivity index (χ2n) is 10.3. The van der Waals surface area contributed by atoms with Crippen LogP contribution in [0.4, 0.5) is 0 Å². The fraction of sp³-hybridized carbons (Fsp3) is 0.0222. The van der Waals surface area contributed by atoms with Crippen molar-refractivity contribution in [2.75, 3.05) is 7.11 Å². The number of rotatable bonds is 6. The van der Waals surface area contributed by atoms with Crippen LogP contribution in [-0.4, -0.2) is 13.1 Å². The van der Waals surface area contributed by atoms with Crippen LogP contribution in [-0.2, 0) is 29.0 Å². The molecule has 1 fully saturated rings. The zero-order valence-electron chi connectivity index (χ0n) is 27.8. The fourth-order valence-corrected chi connectivity index (χ4v) is 9.34. The van der Waals surface area contributed by atoms with Gasteiger partial charge in [-0.25, -0.2) is 5.92 Å². The number of benzene rings is 6. The number of carbonyl (C=O) groups excluding carboxylic acids is 1. The standard InChI is InChI=1S/2C18H15P.C5H5.C4H3O2.Ru/c2*1-4-10-16(11-5-1)19(17-12-6-2-7-13-17)18-14-8-3-9-15-18;1-2-4-5-3-1;1-3-4(5)6-2;/h2*1-15H;1-5H;2H3;/q;;;-1;+2. The summed E-state index contributed by atoms with van der Waals surface area (Å²) in [6.07, 6.45) is 16.1. The predicted molar refractivity (Wildman–Crippen MR) is 211 cm³/mol. The summed E-state index contributed by atoms with van der Waals surface area (Å²) in [7, 11) is 0.306. The summed E-state index contributed by atoms with van der Waals surface area (Å²) in [4.78, 5) is 9.66. The number of carbonyl (C=O) groups is 1. The van der Waals surface area contributed by atoms with Crippen LogP contribution in [0.2, 0.25) is 0 Å². The van der Waals surface area contributed by atoms with Gasteiger partial charge in [0, 0.05) is 0 Å². The molecule has 5 radical (unpaired) electrons. The van der Waals surface area contributed by atoms with E-state index in [1.807, 2.05) is 32.1 Å². The third-order valence-electron chi connectivity index (χ3n) is 6.93. The van der Waals surface area contributed by atoms with Gasteiger partial charge in [0.1, 0.15) is 0 Å².